The second kappa shape index (κ2) is 4.96. The third kappa shape index (κ3) is 2.51. The van der Waals surface area contributed by atoms with Crippen molar-refractivity contribution >= 4 is 12.4 Å². The number of hydrogen-bond acceptors (Lipinski definition) is 3. The number of hydrogen-bond donors (Lipinski definition) is 0. The molecule has 0 saturated heterocycles. The van der Waals surface area contributed by atoms with Gasteiger partial charge in [0.1, 0.15) is 6.10 Å². The van der Waals surface area contributed by atoms with Crippen LogP contribution in [0.2, 0.25) is 0 Å². The maximum Gasteiger partial charge on any atom is 0.419 e. The molecule has 1 unspecified atom stereocenters. The van der Waals surface area contributed by atoms with E-state index >= 15 is 0 Å². The first-order valence-electron chi connectivity index (χ1n) is 5.59. The van der Waals surface area contributed by atoms with E-state index in [-0.39, 0.29) is 12.2 Å². The molecule has 16 heavy (non-hydrogen) atoms. The van der Waals surface area contributed by atoms with Gasteiger partial charge in [-0.2, -0.15) is 0 Å². The van der Waals surface area contributed by atoms with Gasteiger partial charge in [-0.05, 0) is 30.9 Å². The fourth-order valence-corrected chi connectivity index (χ4v) is 1.78. The third-order valence-corrected chi connectivity index (χ3v) is 2.81. The third-order valence-electron chi connectivity index (χ3n) is 2.81. The Bertz CT molecular complexity index is 335. The lowest BCUT2D eigenvalue weighted by molar-refractivity contribution is 0.0771. The normalized spacial score (nSPS) is 28.2. The fourth-order valence-electron chi connectivity index (χ4n) is 1.78. The number of allylic oxidation sites excluding steroid dienone is 1. The van der Waals surface area contributed by atoms with Gasteiger partial charge in [-0.1, -0.05) is 13.0 Å². The summed E-state index contributed by atoms with van der Waals surface area (Å²) in [5.41, 5.74) is 0. The van der Waals surface area contributed by atoms with Gasteiger partial charge in [0.2, 0.25) is 0 Å². The van der Waals surface area contributed by atoms with E-state index in [1.807, 2.05) is 12.2 Å². The zero-order valence-electron chi connectivity index (χ0n) is 9.37. The monoisotopic (exact) mass is 220 g/mol. The number of ether oxygens (including phenoxy) is 1. The highest BCUT2D eigenvalue weighted by Gasteiger charge is 2.23. The van der Waals surface area contributed by atoms with Gasteiger partial charge in [0.05, 0.1) is 12.9 Å². The van der Waals surface area contributed by atoms with Crippen molar-refractivity contribution in [2.24, 2.45) is 10.9 Å². The molecule has 1 heterocycles. The van der Waals surface area contributed by atoms with Crippen molar-refractivity contribution in [2.75, 3.05) is 6.54 Å². The van der Waals surface area contributed by atoms with E-state index in [0.29, 0.717) is 12.5 Å². The van der Waals surface area contributed by atoms with Crippen molar-refractivity contribution in [1.82, 2.24) is 4.90 Å². The molecule has 0 aromatic rings. The quantitative estimate of drug-likeness (QED) is 0.636. The number of carbonyl (C=O) groups is 1. The molecule has 0 bridgehead atoms. The average Bonchev–Trinajstić information content (AvgIpc) is 2.33. The zero-order chi connectivity index (χ0) is 11.4. The van der Waals surface area contributed by atoms with E-state index < -0.39 is 0 Å². The standard InChI is InChI=1S/C12H16N2O2/c1-10-5-2-3-6-11(10)16-12(15)14-8-4-7-13-9-14/h3-4,6,8-11H,2,5,7H2,1H3/t10?,11-/m1/s1. The van der Waals surface area contributed by atoms with Crippen LogP contribution in [0.4, 0.5) is 4.79 Å². The molecule has 86 valence electrons. The Morgan fingerprint density at radius 3 is 3.06 bits per heavy atom. The lowest BCUT2D eigenvalue weighted by Gasteiger charge is -2.26. The van der Waals surface area contributed by atoms with Crippen LogP contribution in [0, 0.1) is 5.92 Å². The molecule has 0 spiro atoms. The molecule has 0 radical (unpaired) electrons. The van der Waals surface area contributed by atoms with Crippen LogP contribution < -0.4 is 0 Å². The molecular formula is C12H16N2O2. The van der Waals surface area contributed by atoms with Crippen molar-refractivity contribution in [1.29, 1.82) is 0 Å². The van der Waals surface area contributed by atoms with Crippen LogP contribution in [-0.4, -0.2) is 30.0 Å². The number of aliphatic imine (C=N–C) groups is 1. The van der Waals surface area contributed by atoms with E-state index in [1.54, 1.807) is 6.20 Å². The van der Waals surface area contributed by atoms with Gasteiger partial charge in [-0.15, -0.1) is 0 Å². The predicted molar refractivity (Wildman–Crippen MR) is 62.1 cm³/mol. The summed E-state index contributed by atoms with van der Waals surface area (Å²) in [6.45, 7) is 2.73. The Kier molecular flexibility index (Phi) is 3.39. The van der Waals surface area contributed by atoms with E-state index in [9.17, 15) is 4.79 Å². The molecule has 0 saturated carbocycles. The maximum absolute atomic E-state index is 11.7. The molecule has 1 amide bonds. The summed E-state index contributed by atoms with van der Waals surface area (Å²) < 4.78 is 5.40. The van der Waals surface area contributed by atoms with Gasteiger partial charge < -0.3 is 4.74 Å². The highest BCUT2D eigenvalue weighted by Crippen LogP contribution is 2.21. The minimum atomic E-state index is -0.358. The Hall–Kier alpha value is -1.58. The Labute approximate surface area is 95.3 Å². The van der Waals surface area contributed by atoms with Gasteiger partial charge in [0.25, 0.3) is 0 Å². The zero-order valence-corrected chi connectivity index (χ0v) is 9.37. The molecule has 2 rings (SSSR count). The first-order chi connectivity index (χ1) is 7.77. The summed E-state index contributed by atoms with van der Waals surface area (Å²) in [5, 5.41) is 0. The minimum Gasteiger partial charge on any atom is -0.441 e. The molecule has 0 N–H and O–H groups in total. The summed E-state index contributed by atoms with van der Waals surface area (Å²) in [7, 11) is 0. The van der Waals surface area contributed by atoms with E-state index in [1.165, 1.54) is 11.2 Å². The van der Waals surface area contributed by atoms with Crippen molar-refractivity contribution in [3.63, 3.8) is 0 Å². The summed E-state index contributed by atoms with van der Waals surface area (Å²) in [5.74, 6) is 0.389. The summed E-state index contributed by atoms with van der Waals surface area (Å²) in [6.07, 6.45) is 10.7. The molecule has 4 nitrogen and oxygen atoms in total. The Balaban J connectivity index is 1.93. The highest BCUT2D eigenvalue weighted by molar-refractivity contribution is 5.84. The van der Waals surface area contributed by atoms with Gasteiger partial charge in [-0.25, -0.2) is 9.69 Å². The highest BCUT2D eigenvalue weighted by atomic mass is 16.6. The second-order valence-corrected chi connectivity index (χ2v) is 4.10. The molecule has 1 aliphatic heterocycles. The maximum atomic E-state index is 11.7. The van der Waals surface area contributed by atoms with Gasteiger partial charge >= 0.3 is 6.09 Å². The summed E-state index contributed by atoms with van der Waals surface area (Å²) in [4.78, 5) is 17.1. The second-order valence-electron chi connectivity index (χ2n) is 4.10. The van der Waals surface area contributed by atoms with Crippen LogP contribution in [-0.2, 0) is 4.74 Å². The van der Waals surface area contributed by atoms with Crippen molar-refractivity contribution in [3.05, 3.63) is 24.4 Å². The minimum absolute atomic E-state index is 0.107. The van der Waals surface area contributed by atoms with Crippen molar-refractivity contribution < 1.29 is 9.53 Å². The summed E-state index contributed by atoms with van der Waals surface area (Å²) >= 11 is 0. The SMILES string of the molecule is CC1CCC=C[C@H]1OC(=O)N1C=CCN=C1. The molecule has 2 aliphatic rings. The number of carbonyl (C=O) groups excluding carboxylic acids is 1. The Morgan fingerprint density at radius 2 is 2.38 bits per heavy atom. The lowest BCUT2D eigenvalue weighted by Crippen LogP contribution is -2.33. The molecule has 1 aliphatic carbocycles. The van der Waals surface area contributed by atoms with Gasteiger partial charge in [-0.3, -0.25) is 4.99 Å². The molecule has 0 aromatic heterocycles. The summed E-state index contributed by atoms with van der Waals surface area (Å²) in [6, 6.07) is 0. The van der Waals surface area contributed by atoms with Crippen LogP contribution in [0.3, 0.4) is 0 Å². The van der Waals surface area contributed by atoms with E-state index in [2.05, 4.69) is 18.0 Å². The van der Waals surface area contributed by atoms with Crippen LogP contribution in [0.5, 0.6) is 0 Å². The Morgan fingerprint density at radius 1 is 1.50 bits per heavy atom. The first-order valence-corrected chi connectivity index (χ1v) is 5.59. The topological polar surface area (TPSA) is 41.9 Å². The van der Waals surface area contributed by atoms with E-state index in [4.69, 9.17) is 4.74 Å². The van der Waals surface area contributed by atoms with Crippen LogP contribution >= 0.6 is 0 Å². The largest absolute Gasteiger partial charge is 0.441 e. The lowest BCUT2D eigenvalue weighted by atomic mass is 9.94. The average molecular weight is 220 g/mol. The van der Waals surface area contributed by atoms with Gasteiger partial charge in [0.15, 0.2) is 0 Å². The van der Waals surface area contributed by atoms with Crippen molar-refractivity contribution in [2.45, 2.75) is 25.9 Å². The molecular weight excluding hydrogens is 204 g/mol. The van der Waals surface area contributed by atoms with Crippen molar-refractivity contribution in [3.8, 4) is 0 Å². The molecule has 0 fully saturated rings. The van der Waals surface area contributed by atoms with Crippen LogP contribution in [0.15, 0.2) is 29.4 Å². The predicted octanol–water partition coefficient (Wildman–Crippen LogP) is 2.34. The molecule has 0 aromatic carbocycles. The molecule has 4 heteroatoms. The molecule has 2 atom stereocenters. The first kappa shape index (κ1) is 10.9. The van der Waals surface area contributed by atoms with E-state index in [0.717, 1.165) is 12.8 Å². The van der Waals surface area contributed by atoms with Gasteiger partial charge in [0, 0.05) is 6.20 Å². The number of amides is 1. The van der Waals surface area contributed by atoms with Crippen LogP contribution in [0.1, 0.15) is 19.8 Å². The fraction of sp³-hybridized carbons (Fsp3) is 0.500. The number of rotatable bonds is 1. The van der Waals surface area contributed by atoms with Crippen LogP contribution in [0.25, 0.3) is 0 Å². The number of nitrogens with zero attached hydrogens (tertiary/aromatic N) is 2. The smallest absolute Gasteiger partial charge is 0.419 e.